The molecule has 100 valence electrons. The van der Waals surface area contributed by atoms with Crippen LogP contribution in [0.3, 0.4) is 0 Å². The number of benzene rings is 1. The first-order chi connectivity index (χ1) is 8.96. The Balaban J connectivity index is 2.04. The third-order valence-corrected chi connectivity index (χ3v) is 2.88. The van der Waals surface area contributed by atoms with Gasteiger partial charge < -0.3 is 9.47 Å². The van der Waals surface area contributed by atoms with Gasteiger partial charge in [-0.15, -0.1) is 13.2 Å². The van der Waals surface area contributed by atoms with E-state index in [4.69, 9.17) is 4.74 Å². The van der Waals surface area contributed by atoms with Gasteiger partial charge in [0.15, 0.2) is 11.3 Å². The van der Waals surface area contributed by atoms with Crippen molar-refractivity contribution in [2.75, 3.05) is 0 Å². The van der Waals surface area contributed by atoms with Crippen LogP contribution in [0.15, 0.2) is 36.4 Å². The van der Waals surface area contributed by atoms with Crippen LogP contribution in [0.4, 0.5) is 13.2 Å². The maximum absolute atomic E-state index is 11.9. The molecule has 0 atom stereocenters. The molecule has 2 aromatic rings. The number of rotatable bonds is 4. The number of hydrogen-bond acceptors (Lipinski definition) is 4. The number of thiophene rings is 1. The third kappa shape index (κ3) is 3.99. The maximum atomic E-state index is 11.9. The summed E-state index contributed by atoms with van der Waals surface area (Å²) in [5.74, 6) is 0.0356. The van der Waals surface area contributed by atoms with Crippen molar-refractivity contribution in [3.8, 4) is 16.6 Å². The topological polar surface area (TPSA) is 35.5 Å². The van der Waals surface area contributed by atoms with Crippen LogP contribution in [0.2, 0.25) is 0 Å². The smallest absolute Gasteiger partial charge is 0.447 e. The molecule has 0 saturated heterocycles. The molecule has 3 nitrogen and oxygen atoms in total. The lowest BCUT2D eigenvalue weighted by atomic mass is 10.3. The summed E-state index contributed by atoms with van der Waals surface area (Å²) in [4.78, 5) is 11.0. The molecule has 1 aromatic carbocycles. The number of carbonyl (C=O) groups is 1. The van der Waals surface area contributed by atoms with Crippen molar-refractivity contribution < 1.29 is 27.4 Å². The Morgan fingerprint density at radius 2 is 1.63 bits per heavy atom. The van der Waals surface area contributed by atoms with Gasteiger partial charge in [0.05, 0.1) is 4.88 Å². The van der Waals surface area contributed by atoms with E-state index in [9.17, 15) is 18.0 Å². The fraction of sp³-hybridized carbons (Fsp3) is 0.0833. The average molecular weight is 288 g/mol. The van der Waals surface area contributed by atoms with Crippen molar-refractivity contribution in [3.63, 3.8) is 0 Å². The molecule has 0 saturated carbocycles. The molecule has 0 aliphatic carbocycles. The van der Waals surface area contributed by atoms with E-state index in [0.29, 0.717) is 22.0 Å². The summed E-state index contributed by atoms with van der Waals surface area (Å²) in [6, 6.07) is 8.19. The standard InChI is InChI=1S/C12H7F3O3S/c13-12(14,15)18-9-3-1-8(2-4-9)17-11-6-5-10(7-16)19-11/h1-7H. The molecule has 2 rings (SSSR count). The fourth-order valence-corrected chi connectivity index (χ4v) is 1.97. The Bertz CT molecular complexity index is 560. The molecule has 0 spiro atoms. The largest absolute Gasteiger partial charge is 0.573 e. The summed E-state index contributed by atoms with van der Waals surface area (Å²) >= 11 is 1.14. The molecule has 7 heteroatoms. The maximum Gasteiger partial charge on any atom is 0.573 e. The van der Waals surface area contributed by atoms with Gasteiger partial charge in [-0.05, 0) is 36.4 Å². The van der Waals surface area contributed by atoms with E-state index < -0.39 is 6.36 Å². The summed E-state index contributed by atoms with van der Waals surface area (Å²) in [6.07, 6.45) is -4.02. The highest BCUT2D eigenvalue weighted by Crippen LogP contribution is 2.30. The number of aldehydes is 1. The SMILES string of the molecule is O=Cc1ccc(Oc2ccc(OC(F)(F)F)cc2)s1. The van der Waals surface area contributed by atoms with Gasteiger partial charge in [0.1, 0.15) is 11.5 Å². The molecular weight excluding hydrogens is 281 g/mol. The van der Waals surface area contributed by atoms with Crippen LogP contribution < -0.4 is 9.47 Å². The quantitative estimate of drug-likeness (QED) is 0.789. The summed E-state index contributed by atoms with van der Waals surface area (Å²) in [5.41, 5.74) is 0. The lowest BCUT2D eigenvalue weighted by molar-refractivity contribution is -0.274. The number of hydrogen-bond donors (Lipinski definition) is 0. The van der Waals surface area contributed by atoms with Crippen LogP contribution in [0.5, 0.6) is 16.6 Å². The van der Waals surface area contributed by atoms with Gasteiger partial charge in [0.2, 0.25) is 0 Å². The van der Waals surface area contributed by atoms with Crippen molar-refractivity contribution in [3.05, 3.63) is 41.3 Å². The number of ether oxygens (including phenoxy) is 2. The first kappa shape index (κ1) is 13.4. The molecule has 19 heavy (non-hydrogen) atoms. The Hall–Kier alpha value is -2.02. The normalized spacial score (nSPS) is 11.1. The second kappa shape index (κ2) is 5.31. The predicted molar refractivity (Wildman–Crippen MR) is 62.9 cm³/mol. The summed E-state index contributed by atoms with van der Waals surface area (Å²) < 4.78 is 44.9. The minimum Gasteiger partial charge on any atom is -0.447 e. The molecule has 0 unspecified atom stereocenters. The van der Waals surface area contributed by atoms with Crippen molar-refractivity contribution in [1.29, 1.82) is 0 Å². The van der Waals surface area contributed by atoms with Crippen LogP contribution in [-0.2, 0) is 0 Å². The van der Waals surface area contributed by atoms with Gasteiger partial charge in [-0.2, -0.15) is 0 Å². The van der Waals surface area contributed by atoms with E-state index in [1.54, 1.807) is 12.1 Å². The highest BCUT2D eigenvalue weighted by atomic mass is 32.1. The van der Waals surface area contributed by atoms with Gasteiger partial charge in [0, 0.05) is 0 Å². The molecule has 1 heterocycles. The molecule has 0 N–H and O–H groups in total. The molecule has 0 aliphatic rings. The molecule has 0 amide bonds. The van der Waals surface area contributed by atoms with Gasteiger partial charge in [-0.25, -0.2) is 0 Å². The lowest BCUT2D eigenvalue weighted by Gasteiger charge is -2.09. The Morgan fingerprint density at radius 1 is 1.00 bits per heavy atom. The molecule has 0 radical (unpaired) electrons. The minimum atomic E-state index is -4.71. The van der Waals surface area contributed by atoms with Crippen LogP contribution in [-0.4, -0.2) is 12.6 Å². The van der Waals surface area contributed by atoms with Crippen molar-refractivity contribution in [1.82, 2.24) is 0 Å². The van der Waals surface area contributed by atoms with Crippen LogP contribution in [0.25, 0.3) is 0 Å². The summed E-state index contributed by atoms with van der Waals surface area (Å²) in [7, 11) is 0. The van der Waals surface area contributed by atoms with Crippen molar-refractivity contribution in [2.45, 2.75) is 6.36 Å². The van der Waals surface area contributed by atoms with Crippen molar-refractivity contribution >= 4 is 17.6 Å². The highest BCUT2D eigenvalue weighted by molar-refractivity contribution is 7.15. The van der Waals surface area contributed by atoms with Crippen LogP contribution in [0, 0.1) is 0 Å². The van der Waals surface area contributed by atoms with Gasteiger partial charge >= 0.3 is 6.36 Å². The molecule has 0 bridgehead atoms. The minimum absolute atomic E-state index is 0.320. The van der Waals surface area contributed by atoms with Gasteiger partial charge in [0.25, 0.3) is 0 Å². The van der Waals surface area contributed by atoms with Crippen LogP contribution in [0.1, 0.15) is 9.67 Å². The number of carbonyl (C=O) groups excluding carboxylic acids is 1. The van der Waals surface area contributed by atoms with E-state index in [0.717, 1.165) is 23.5 Å². The molecular formula is C12H7F3O3S. The fourth-order valence-electron chi connectivity index (χ4n) is 1.28. The van der Waals surface area contributed by atoms with E-state index in [1.165, 1.54) is 12.1 Å². The van der Waals surface area contributed by atoms with Gasteiger partial charge in [-0.3, -0.25) is 4.79 Å². The van der Waals surface area contributed by atoms with E-state index >= 15 is 0 Å². The number of halogens is 3. The zero-order chi connectivity index (χ0) is 13.9. The summed E-state index contributed by atoms with van der Waals surface area (Å²) in [6.45, 7) is 0. The number of alkyl halides is 3. The van der Waals surface area contributed by atoms with E-state index in [-0.39, 0.29) is 5.75 Å². The van der Waals surface area contributed by atoms with E-state index in [1.807, 2.05) is 0 Å². The Kier molecular flexibility index (Phi) is 3.75. The Morgan fingerprint density at radius 3 is 2.16 bits per heavy atom. The first-order valence-electron chi connectivity index (χ1n) is 5.05. The van der Waals surface area contributed by atoms with Crippen LogP contribution >= 0.6 is 11.3 Å². The second-order valence-corrected chi connectivity index (χ2v) is 4.47. The first-order valence-corrected chi connectivity index (χ1v) is 5.86. The second-order valence-electron chi connectivity index (χ2n) is 3.40. The predicted octanol–water partition coefficient (Wildman–Crippen LogP) is 4.25. The molecule has 1 aromatic heterocycles. The highest BCUT2D eigenvalue weighted by Gasteiger charge is 2.30. The Labute approximate surface area is 110 Å². The third-order valence-electron chi connectivity index (χ3n) is 1.99. The zero-order valence-corrected chi connectivity index (χ0v) is 10.1. The van der Waals surface area contributed by atoms with Crippen molar-refractivity contribution in [2.24, 2.45) is 0 Å². The monoisotopic (exact) mass is 288 g/mol. The lowest BCUT2D eigenvalue weighted by Crippen LogP contribution is -2.16. The molecule has 0 aliphatic heterocycles. The zero-order valence-electron chi connectivity index (χ0n) is 9.31. The molecule has 0 fully saturated rings. The average Bonchev–Trinajstić information content (AvgIpc) is 2.77. The van der Waals surface area contributed by atoms with E-state index in [2.05, 4.69) is 4.74 Å². The summed E-state index contributed by atoms with van der Waals surface area (Å²) in [5, 5.41) is 0.478. The van der Waals surface area contributed by atoms with Gasteiger partial charge in [-0.1, -0.05) is 11.3 Å².